The van der Waals surface area contributed by atoms with Crippen molar-refractivity contribution in [3.8, 4) is 5.75 Å². The topological polar surface area (TPSA) is 85.5 Å². The lowest BCUT2D eigenvalue weighted by atomic mass is 9.98. The minimum atomic E-state index is -0.763. The Morgan fingerprint density at radius 1 is 1.21 bits per heavy atom. The van der Waals surface area contributed by atoms with Gasteiger partial charge in [-0.15, -0.1) is 10.2 Å². The molecule has 0 bridgehead atoms. The molecule has 0 N–H and O–H groups in total. The number of fused-ring (bicyclic) bond motifs is 2. The van der Waals surface area contributed by atoms with Gasteiger partial charge in [-0.1, -0.05) is 41.1 Å². The molecule has 2 aromatic heterocycles. The Labute approximate surface area is 173 Å². The Bertz CT molecular complexity index is 1320. The minimum absolute atomic E-state index is 0.0177. The largest absolute Gasteiger partial charge is 0.496 e. The molecule has 0 aliphatic carbocycles. The number of para-hydroxylation sites is 1. The van der Waals surface area contributed by atoms with E-state index in [-0.39, 0.29) is 16.8 Å². The fourth-order valence-corrected chi connectivity index (χ4v) is 4.36. The molecule has 1 aliphatic rings. The van der Waals surface area contributed by atoms with Crippen molar-refractivity contribution in [3.63, 3.8) is 0 Å². The molecule has 5 rings (SSSR count). The van der Waals surface area contributed by atoms with Crippen molar-refractivity contribution in [1.29, 1.82) is 0 Å². The van der Waals surface area contributed by atoms with Crippen molar-refractivity contribution in [2.24, 2.45) is 0 Å². The number of amides is 1. The predicted octanol–water partition coefficient (Wildman–Crippen LogP) is 4.06. The average molecular weight is 426 g/mol. The van der Waals surface area contributed by atoms with E-state index in [9.17, 15) is 9.59 Å². The number of nitrogens with zero attached hydrogens (tertiary/aromatic N) is 3. The van der Waals surface area contributed by atoms with Crippen molar-refractivity contribution >= 4 is 44.9 Å². The van der Waals surface area contributed by atoms with E-state index >= 15 is 0 Å². The number of ether oxygens (including phenoxy) is 1. The summed E-state index contributed by atoms with van der Waals surface area (Å²) in [6.07, 6.45) is 0. The molecule has 0 spiro atoms. The molecule has 2 aromatic carbocycles. The molecule has 1 aliphatic heterocycles. The van der Waals surface area contributed by atoms with Gasteiger partial charge < -0.3 is 9.15 Å². The van der Waals surface area contributed by atoms with Gasteiger partial charge in [-0.2, -0.15) is 0 Å². The highest BCUT2D eigenvalue weighted by Gasteiger charge is 2.45. The number of anilines is 1. The van der Waals surface area contributed by atoms with Crippen LogP contribution in [0.1, 0.15) is 27.7 Å². The summed E-state index contributed by atoms with van der Waals surface area (Å²) in [6, 6.07) is 11.2. The number of hydrogen-bond acceptors (Lipinski definition) is 7. The first-order valence-electron chi connectivity index (χ1n) is 8.59. The zero-order chi connectivity index (χ0) is 20.1. The molecule has 0 fully saturated rings. The van der Waals surface area contributed by atoms with Gasteiger partial charge in [0.05, 0.1) is 18.1 Å². The second-order valence-corrected chi connectivity index (χ2v) is 7.60. The fourth-order valence-electron chi connectivity index (χ4n) is 3.60. The fraction of sp³-hybridized carbons (Fsp3) is 0.100. The first-order valence-corrected chi connectivity index (χ1v) is 9.85. The van der Waals surface area contributed by atoms with Gasteiger partial charge in [0, 0.05) is 10.6 Å². The Morgan fingerprint density at radius 2 is 2.03 bits per heavy atom. The number of carbonyl (C=O) groups is 1. The molecule has 1 atom stereocenters. The van der Waals surface area contributed by atoms with Gasteiger partial charge in [0.25, 0.3) is 5.91 Å². The Morgan fingerprint density at radius 3 is 2.79 bits per heavy atom. The monoisotopic (exact) mass is 425 g/mol. The number of aromatic nitrogens is 2. The zero-order valence-electron chi connectivity index (χ0n) is 15.0. The molecule has 7 nitrogen and oxygen atoms in total. The number of hydrogen-bond donors (Lipinski definition) is 0. The Hall–Kier alpha value is -3.23. The van der Waals surface area contributed by atoms with Crippen LogP contribution in [0.5, 0.6) is 5.75 Å². The van der Waals surface area contributed by atoms with Crippen molar-refractivity contribution in [2.45, 2.75) is 6.04 Å². The van der Waals surface area contributed by atoms with Gasteiger partial charge in [-0.25, -0.2) is 0 Å². The highest BCUT2D eigenvalue weighted by Crippen LogP contribution is 2.44. The molecule has 0 saturated heterocycles. The van der Waals surface area contributed by atoms with Gasteiger partial charge >= 0.3 is 0 Å². The lowest BCUT2D eigenvalue weighted by molar-refractivity contribution is 0.0970. The molecule has 1 amide bonds. The molecule has 0 unspecified atom stereocenters. The standard InChI is InChI=1S/C20H12ClN3O4S/c1-27-13-5-3-2-4-11(13)16-15-17(25)12-8-10(21)6-7-14(12)28-18(15)19(26)24(16)20-23-22-9-29-20/h2-9,16H,1H3/t16-/m1/s1. The predicted molar refractivity (Wildman–Crippen MR) is 109 cm³/mol. The van der Waals surface area contributed by atoms with Crippen LogP contribution in [0.2, 0.25) is 5.02 Å². The molecule has 9 heteroatoms. The van der Waals surface area contributed by atoms with Crippen molar-refractivity contribution in [2.75, 3.05) is 12.0 Å². The molecule has 3 heterocycles. The van der Waals surface area contributed by atoms with Crippen LogP contribution in [0.4, 0.5) is 5.13 Å². The van der Waals surface area contributed by atoms with Crippen LogP contribution in [0.15, 0.2) is 57.2 Å². The van der Waals surface area contributed by atoms with Crippen LogP contribution in [-0.2, 0) is 0 Å². The van der Waals surface area contributed by atoms with Gasteiger partial charge in [0.1, 0.15) is 22.9 Å². The summed E-state index contributed by atoms with van der Waals surface area (Å²) in [6.45, 7) is 0. The van der Waals surface area contributed by atoms with Crippen molar-refractivity contribution in [1.82, 2.24) is 10.2 Å². The molecule has 0 radical (unpaired) electrons. The van der Waals surface area contributed by atoms with Gasteiger partial charge in [0.15, 0.2) is 5.43 Å². The van der Waals surface area contributed by atoms with E-state index in [1.165, 1.54) is 28.9 Å². The van der Waals surface area contributed by atoms with E-state index in [0.29, 0.717) is 32.4 Å². The second kappa shape index (κ2) is 6.68. The van der Waals surface area contributed by atoms with Crippen LogP contribution in [-0.4, -0.2) is 23.2 Å². The first-order chi connectivity index (χ1) is 14.1. The maximum atomic E-state index is 13.4. The number of methoxy groups -OCH3 is 1. The average Bonchev–Trinajstić information content (AvgIpc) is 3.35. The van der Waals surface area contributed by atoms with E-state index in [1.807, 2.05) is 18.2 Å². The third kappa shape index (κ3) is 2.64. The van der Waals surface area contributed by atoms with E-state index in [0.717, 1.165) is 0 Å². The van der Waals surface area contributed by atoms with E-state index in [4.69, 9.17) is 20.8 Å². The highest BCUT2D eigenvalue weighted by atomic mass is 35.5. The number of benzene rings is 2. The summed E-state index contributed by atoms with van der Waals surface area (Å²) < 4.78 is 11.4. The van der Waals surface area contributed by atoms with Crippen LogP contribution in [0.3, 0.4) is 0 Å². The lowest BCUT2D eigenvalue weighted by Crippen LogP contribution is -2.29. The summed E-state index contributed by atoms with van der Waals surface area (Å²) in [4.78, 5) is 28.2. The summed E-state index contributed by atoms with van der Waals surface area (Å²) in [7, 11) is 1.54. The van der Waals surface area contributed by atoms with E-state index in [1.54, 1.807) is 24.3 Å². The minimum Gasteiger partial charge on any atom is -0.496 e. The van der Waals surface area contributed by atoms with Crippen molar-refractivity contribution in [3.05, 3.63) is 80.1 Å². The van der Waals surface area contributed by atoms with Gasteiger partial charge in [-0.05, 0) is 24.3 Å². The SMILES string of the molecule is COc1ccccc1[C@@H]1c2c(oc3ccc(Cl)cc3c2=O)C(=O)N1c1nncs1. The highest BCUT2D eigenvalue weighted by molar-refractivity contribution is 7.13. The maximum Gasteiger partial charge on any atom is 0.297 e. The normalized spacial score (nSPS) is 15.7. The van der Waals surface area contributed by atoms with Crippen LogP contribution >= 0.6 is 22.9 Å². The Balaban J connectivity index is 1.86. The van der Waals surface area contributed by atoms with Crippen LogP contribution in [0, 0.1) is 0 Å². The molecular weight excluding hydrogens is 414 g/mol. The third-order valence-electron chi connectivity index (χ3n) is 4.82. The number of rotatable bonds is 3. The van der Waals surface area contributed by atoms with Gasteiger partial charge in [0.2, 0.25) is 10.9 Å². The Kier molecular flexibility index (Phi) is 4.11. The molecule has 144 valence electrons. The van der Waals surface area contributed by atoms with Crippen LogP contribution in [0.25, 0.3) is 11.0 Å². The number of halogens is 1. The van der Waals surface area contributed by atoms with E-state index < -0.39 is 11.9 Å². The van der Waals surface area contributed by atoms with Crippen molar-refractivity contribution < 1.29 is 13.9 Å². The second-order valence-electron chi connectivity index (χ2n) is 6.36. The molecule has 29 heavy (non-hydrogen) atoms. The van der Waals surface area contributed by atoms with Crippen LogP contribution < -0.4 is 15.1 Å². The summed E-state index contributed by atoms with van der Waals surface area (Å²) in [5, 5.41) is 8.96. The first kappa shape index (κ1) is 17.8. The lowest BCUT2D eigenvalue weighted by Gasteiger charge is -2.23. The van der Waals surface area contributed by atoms with E-state index in [2.05, 4.69) is 10.2 Å². The smallest absolute Gasteiger partial charge is 0.297 e. The zero-order valence-corrected chi connectivity index (χ0v) is 16.5. The summed E-state index contributed by atoms with van der Waals surface area (Å²) in [5.41, 5.74) is 2.37. The summed E-state index contributed by atoms with van der Waals surface area (Å²) in [5.74, 6) is 0.0655. The number of carbonyl (C=O) groups excluding carboxylic acids is 1. The quantitative estimate of drug-likeness (QED) is 0.492. The molecular formula is C20H12ClN3O4S. The summed E-state index contributed by atoms with van der Waals surface area (Å²) >= 11 is 7.28. The molecule has 0 saturated carbocycles. The van der Waals surface area contributed by atoms with Gasteiger partial charge in [-0.3, -0.25) is 14.5 Å². The molecule has 4 aromatic rings. The third-order valence-corrected chi connectivity index (χ3v) is 5.74. The maximum absolute atomic E-state index is 13.4.